The van der Waals surface area contributed by atoms with E-state index < -0.39 is 5.97 Å². The molecule has 0 saturated heterocycles. The number of hydrogen-bond acceptors (Lipinski definition) is 6. The number of H-pyrrole nitrogens is 1. The van der Waals surface area contributed by atoms with Crippen molar-refractivity contribution in [3.05, 3.63) is 59.8 Å². The van der Waals surface area contributed by atoms with E-state index in [2.05, 4.69) is 15.4 Å². The van der Waals surface area contributed by atoms with Crippen molar-refractivity contribution in [1.82, 2.24) is 15.4 Å². The molecule has 0 atom stereocenters. The topological polar surface area (TPSA) is 86.3 Å². The Labute approximate surface area is 150 Å². The number of aromatic nitrogens is 3. The fourth-order valence-electron chi connectivity index (χ4n) is 2.47. The van der Waals surface area contributed by atoms with Gasteiger partial charge in [-0.05, 0) is 36.8 Å². The standard InChI is InChI=1S/C19H19N3O4/c1-3-25-19(23)18-17(20-22-21-18)15-9-4-5-10-16(15)26-12-13-7-6-8-14(11-13)24-2/h4-11H,3,12H2,1-2H3,(H,20,21,22). The molecular weight excluding hydrogens is 334 g/mol. The van der Waals surface area contributed by atoms with Crippen molar-refractivity contribution in [3.8, 4) is 22.8 Å². The molecule has 0 aliphatic rings. The van der Waals surface area contributed by atoms with Crippen molar-refractivity contribution in [2.45, 2.75) is 13.5 Å². The van der Waals surface area contributed by atoms with Crippen LogP contribution in [0.5, 0.6) is 11.5 Å². The maximum absolute atomic E-state index is 12.1. The van der Waals surface area contributed by atoms with E-state index in [1.54, 1.807) is 14.0 Å². The Kier molecular flexibility index (Phi) is 5.48. The van der Waals surface area contributed by atoms with Gasteiger partial charge in [0.25, 0.3) is 0 Å². The van der Waals surface area contributed by atoms with Crippen LogP contribution in [0.15, 0.2) is 48.5 Å². The molecule has 3 aromatic rings. The van der Waals surface area contributed by atoms with Gasteiger partial charge < -0.3 is 14.2 Å². The molecule has 134 valence electrons. The zero-order chi connectivity index (χ0) is 18.4. The molecule has 1 heterocycles. The number of esters is 1. The number of carbonyl (C=O) groups is 1. The van der Waals surface area contributed by atoms with Gasteiger partial charge in [-0.1, -0.05) is 24.3 Å². The largest absolute Gasteiger partial charge is 0.497 e. The Morgan fingerprint density at radius 1 is 1.12 bits per heavy atom. The highest BCUT2D eigenvalue weighted by Crippen LogP contribution is 2.31. The average Bonchev–Trinajstić information content (AvgIpc) is 3.17. The summed E-state index contributed by atoms with van der Waals surface area (Å²) in [4.78, 5) is 12.1. The van der Waals surface area contributed by atoms with Gasteiger partial charge in [-0.2, -0.15) is 10.3 Å². The van der Waals surface area contributed by atoms with E-state index in [1.807, 2.05) is 48.5 Å². The molecule has 0 spiro atoms. The van der Waals surface area contributed by atoms with E-state index in [0.29, 0.717) is 23.6 Å². The van der Waals surface area contributed by atoms with Crippen molar-refractivity contribution >= 4 is 5.97 Å². The predicted octanol–water partition coefficient (Wildman–Crippen LogP) is 3.24. The van der Waals surface area contributed by atoms with Gasteiger partial charge in [0.2, 0.25) is 0 Å². The second-order valence-electron chi connectivity index (χ2n) is 5.38. The number of nitrogens with one attached hydrogen (secondary N) is 1. The number of nitrogens with zero attached hydrogens (tertiary/aromatic N) is 2. The zero-order valence-electron chi connectivity index (χ0n) is 14.6. The van der Waals surface area contributed by atoms with Crippen LogP contribution in [0.2, 0.25) is 0 Å². The zero-order valence-corrected chi connectivity index (χ0v) is 14.6. The van der Waals surface area contributed by atoms with Crippen LogP contribution in [0.1, 0.15) is 23.0 Å². The lowest BCUT2D eigenvalue weighted by molar-refractivity contribution is 0.0520. The average molecular weight is 353 g/mol. The van der Waals surface area contributed by atoms with Crippen molar-refractivity contribution in [2.75, 3.05) is 13.7 Å². The van der Waals surface area contributed by atoms with Crippen LogP contribution in [0, 0.1) is 0 Å². The minimum Gasteiger partial charge on any atom is -0.497 e. The number of carbonyl (C=O) groups excluding carboxylic acids is 1. The number of para-hydroxylation sites is 1. The van der Waals surface area contributed by atoms with E-state index >= 15 is 0 Å². The quantitative estimate of drug-likeness (QED) is 0.656. The van der Waals surface area contributed by atoms with Crippen LogP contribution >= 0.6 is 0 Å². The molecular formula is C19H19N3O4. The fourth-order valence-corrected chi connectivity index (χ4v) is 2.47. The number of aromatic amines is 1. The lowest BCUT2D eigenvalue weighted by atomic mass is 10.1. The summed E-state index contributed by atoms with van der Waals surface area (Å²) in [7, 11) is 1.62. The van der Waals surface area contributed by atoms with Crippen LogP contribution in [-0.2, 0) is 11.3 Å². The highest BCUT2D eigenvalue weighted by Gasteiger charge is 2.21. The normalized spacial score (nSPS) is 10.4. The molecule has 7 heteroatoms. The molecule has 2 aromatic carbocycles. The summed E-state index contributed by atoms with van der Waals surface area (Å²) in [5.74, 6) is 0.828. The summed E-state index contributed by atoms with van der Waals surface area (Å²) < 4.78 is 16.2. The number of methoxy groups -OCH3 is 1. The third-order valence-electron chi connectivity index (χ3n) is 3.69. The molecule has 3 rings (SSSR count). The molecule has 0 aliphatic heterocycles. The number of rotatable bonds is 7. The Morgan fingerprint density at radius 3 is 2.77 bits per heavy atom. The van der Waals surface area contributed by atoms with E-state index in [1.165, 1.54) is 0 Å². The second kappa shape index (κ2) is 8.15. The van der Waals surface area contributed by atoms with Gasteiger partial charge in [-0.3, -0.25) is 0 Å². The molecule has 1 aromatic heterocycles. The summed E-state index contributed by atoms with van der Waals surface area (Å²) in [6, 6.07) is 15.0. The highest BCUT2D eigenvalue weighted by molar-refractivity contribution is 5.94. The van der Waals surface area contributed by atoms with Gasteiger partial charge in [-0.15, -0.1) is 5.10 Å². The molecule has 0 saturated carbocycles. The number of ether oxygens (including phenoxy) is 3. The van der Waals surface area contributed by atoms with Crippen LogP contribution in [0.25, 0.3) is 11.3 Å². The lowest BCUT2D eigenvalue weighted by Gasteiger charge is -2.11. The van der Waals surface area contributed by atoms with Crippen molar-refractivity contribution in [3.63, 3.8) is 0 Å². The van der Waals surface area contributed by atoms with E-state index in [9.17, 15) is 4.79 Å². The fraction of sp³-hybridized carbons (Fsp3) is 0.211. The van der Waals surface area contributed by atoms with Crippen LogP contribution < -0.4 is 9.47 Å². The first-order valence-electron chi connectivity index (χ1n) is 8.16. The first-order chi connectivity index (χ1) is 12.7. The molecule has 0 unspecified atom stereocenters. The van der Waals surface area contributed by atoms with E-state index in [0.717, 1.165) is 11.3 Å². The molecule has 0 fully saturated rings. The maximum Gasteiger partial charge on any atom is 0.361 e. The second-order valence-corrected chi connectivity index (χ2v) is 5.38. The van der Waals surface area contributed by atoms with Gasteiger partial charge in [0.15, 0.2) is 5.69 Å². The Bertz CT molecular complexity index is 892. The molecule has 1 N–H and O–H groups in total. The van der Waals surface area contributed by atoms with Gasteiger partial charge >= 0.3 is 5.97 Å². The van der Waals surface area contributed by atoms with E-state index in [4.69, 9.17) is 14.2 Å². The summed E-state index contributed by atoms with van der Waals surface area (Å²) in [6.45, 7) is 2.35. The maximum atomic E-state index is 12.1. The molecule has 0 radical (unpaired) electrons. The Hall–Kier alpha value is -3.35. The molecule has 0 aliphatic carbocycles. The minimum atomic E-state index is -0.529. The van der Waals surface area contributed by atoms with Gasteiger partial charge in [-0.25, -0.2) is 4.79 Å². The summed E-state index contributed by atoms with van der Waals surface area (Å²) in [6.07, 6.45) is 0. The number of hydrogen-bond donors (Lipinski definition) is 1. The lowest BCUT2D eigenvalue weighted by Crippen LogP contribution is -2.07. The third-order valence-corrected chi connectivity index (χ3v) is 3.69. The summed E-state index contributed by atoms with van der Waals surface area (Å²) in [5, 5.41) is 10.5. The summed E-state index contributed by atoms with van der Waals surface area (Å²) >= 11 is 0. The molecule has 0 bridgehead atoms. The third kappa shape index (κ3) is 3.83. The van der Waals surface area contributed by atoms with Gasteiger partial charge in [0.1, 0.15) is 23.8 Å². The van der Waals surface area contributed by atoms with Crippen LogP contribution in [0.3, 0.4) is 0 Å². The molecule has 0 amide bonds. The smallest absolute Gasteiger partial charge is 0.361 e. The van der Waals surface area contributed by atoms with Crippen molar-refractivity contribution in [2.24, 2.45) is 0 Å². The summed E-state index contributed by atoms with van der Waals surface area (Å²) in [5.41, 5.74) is 2.14. The SMILES string of the molecule is CCOC(=O)c1n[nH]nc1-c1ccccc1OCc1cccc(OC)c1. The first-order valence-corrected chi connectivity index (χ1v) is 8.16. The molecule has 7 nitrogen and oxygen atoms in total. The Balaban J connectivity index is 1.85. The monoisotopic (exact) mass is 353 g/mol. The Morgan fingerprint density at radius 2 is 1.96 bits per heavy atom. The van der Waals surface area contributed by atoms with Crippen LogP contribution in [0.4, 0.5) is 0 Å². The van der Waals surface area contributed by atoms with Gasteiger partial charge in [0.05, 0.1) is 13.7 Å². The highest BCUT2D eigenvalue weighted by atomic mass is 16.5. The molecule has 26 heavy (non-hydrogen) atoms. The van der Waals surface area contributed by atoms with Crippen molar-refractivity contribution < 1.29 is 19.0 Å². The minimum absolute atomic E-state index is 0.129. The van der Waals surface area contributed by atoms with Crippen molar-refractivity contribution in [1.29, 1.82) is 0 Å². The van der Waals surface area contributed by atoms with Gasteiger partial charge in [0, 0.05) is 5.56 Å². The number of benzene rings is 2. The van der Waals surface area contributed by atoms with E-state index in [-0.39, 0.29) is 12.3 Å². The first kappa shape index (κ1) is 17.5. The predicted molar refractivity (Wildman–Crippen MR) is 95.1 cm³/mol. The van der Waals surface area contributed by atoms with Crippen LogP contribution in [-0.4, -0.2) is 35.1 Å².